The third-order valence-electron chi connectivity index (χ3n) is 4.53. The number of furan rings is 1. The highest BCUT2D eigenvalue weighted by Crippen LogP contribution is 2.19. The molecule has 0 radical (unpaired) electrons. The van der Waals surface area contributed by atoms with Gasteiger partial charge in [0.25, 0.3) is 5.91 Å². The van der Waals surface area contributed by atoms with Gasteiger partial charge in [0.05, 0.1) is 13.4 Å². The van der Waals surface area contributed by atoms with Crippen molar-refractivity contribution in [3.05, 3.63) is 83.3 Å². The summed E-state index contributed by atoms with van der Waals surface area (Å²) in [6.07, 6.45) is 1.47. The first-order chi connectivity index (χ1) is 14.6. The number of carbonyl (C=O) groups excluding carboxylic acids is 1. The lowest BCUT2D eigenvalue weighted by Crippen LogP contribution is -2.36. The zero-order valence-electron chi connectivity index (χ0n) is 17.4. The molecule has 1 heterocycles. The van der Waals surface area contributed by atoms with Crippen molar-refractivity contribution in [2.24, 2.45) is 4.99 Å². The fourth-order valence-electron chi connectivity index (χ4n) is 2.89. The Morgan fingerprint density at radius 3 is 2.50 bits per heavy atom. The van der Waals surface area contributed by atoms with Gasteiger partial charge in [0, 0.05) is 31.4 Å². The maximum Gasteiger partial charge on any atom is 0.291 e. The number of nitrogens with one attached hydrogen (secondary N) is 3. The number of aryl methyl sites for hydroxylation is 1. The van der Waals surface area contributed by atoms with Crippen molar-refractivity contribution in [2.45, 2.75) is 20.0 Å². The van der Waals surface area contributed by atoms with Crippen molar-refractivity contribution in [1.29, 1.82) is 0 Å². The van der Waals surface area contributed by atoms with Crippen LogP contribution in [0.5, 0.6) is 5.75 Å². The van der Waals surface area contributed by atoms with E-state index in [0.29, 0.717) is 24.7 Å². The van der Waals surface area contributed by atoms with Gasteiger partial charge < -0.3 is 25.1 Å². The standard InChI is InChI=1S/C23H26N4O3/c1-16-6-9-18(21(13-16)29-3)15-26-23(24-2)25-14-17-7-10-19(11-8-17)27-22(28)20-5-4-12-30-20/h4-13H,14-15H2,1-3H3,(H,27,28)(H2,24,25,26). The Hall–Kier alpha value is -3.74. The minimum absolute atomic E-state index is 0.276. The molecule has 0 fully saturated rings. The molecule has 30 heavy (non-hydrogen) atoms. The molecule has 0 unspecified atom stereocenters. The van der Waals surface area contributed by atoms with Gasteiger partial charge in [-0.3, -0.25) is 9.79 Å². The molecule has 7 nitrogen and oxygen atoms in total. The lowest BCUT2D eigenvalue weighted by Gasteiger charge is -2.14. The average molecular weight is 406 g/mol. The normalized spacial score (nSPS) is 11.1. The first-order valence-corrected chi connectivity index (χ1v) is 9.61. The van der Waals surface area contributed by atoms with Crippen molar-refractivity contribution in [2.75, 3.05) is 19.5 Å². The predicted molar refractivity (Wildman–Crippen MR) is 118 cm³/mol. The lowest BCUT2D eigenvalue weighted by atomic mass is 10.1. The van der Waals surface area contributed by atoms with Gasteiger partial charge in [-0.25, -0.2) is 0 Å². The summed E-state index contributed by atoms with van der Waals surface area (Å²) < 4.78 is 10.5. The van der Waals surface area contributed by atoms with Gasteiger partial charge >= 0.3 is 0 Å². The smallest absolute Gasteiger partial charge is 0.291 e. The summed E-state index contributed by atoms with van der Waals surface area (Å²) in [4.78, 5) is 16.3. The van der Waals surface area contributed by atoms with Gasteiger partial charge in [0.2, 0.25) is 0 Å². The van der Waals surface area contributed by atoms with E-state index in [1.54, 1.807) is 26.3 Å². The topological polar surface area (TPSA) is 87.9 Å². The Labute approximate surface area is 176 Å². The van der Waals surface area contributed by atoms with Crippen LogP contribution in [0.25, 0.3) is 0 Å². The maximum absolute atomic E-state index is 12.0. The number of amides is 1. The second-order valence-corrected chi connectivity index (χ2v) is 6.72. The van der Waals surface area contributed by atoms with Crippen LogP contribution < -0.4 is 20.7 Å². The van der Waals surface area contributed by atoms with E-state index < -0.39 is 0 Å². The number of aliphatic imine (C=N–C) groups is 1. The van der Waals surface area contributed by atoms with Crippen molar-refractivity contribution in [3.8, 4) is 5.75 Å². The van der Waals surface area contributed by atoms with Gasteiger partial charge in [0.15, 0.2) is 11.7 Å². The van der Waals surface area contributed by atoms with Gasteiger partial charge in [-0.1, -0.05) is 24.3 Å². The van der Waals surface area contributed by atoms with Crippen LogP contribution >= 0.6 is 0 Å². The number of anilines is 1. The number of hydrogen-bond acceptors (Lipinski definition) is 4. The number of nitrogens with zero attached hydrogens (tertiary/aromatic N) is 1. The predicted octanol–water partition coefficient (Wildman–Crippen LogP) is 3.71. The zero-order chi connectivity index (χ0) is 21.3. The zero-order valence-corrected chi connectivity index (χ0v) is 17.4. The van der Waals surface area contributed by atoms with Crippen LogP contribution in [-0.2, 0) is 13.1 Å². The van der Waals surface area contributed by atoms with E-state index in [4.69, 9.17) is 9.15 Å². The number of carbonyl (C=O) groups is 1. The number of methoxy groups -OCH3 is 1. The van der Waals surface area contributed by atoms with E-state index in [1.165, 1.54) is 6.26 Å². The molecule has 2 aromatic carbocycles. The molecular formula is C23H26N4O3. The van der Waals surface area contributed by atoms with Gasteiger partial charge in [-0.2, -0.15) is 0 Å². The molecule has 0 saturated heterocycles. The summed E-state index contributed by atoms with van der Waals surface area (Å²) >= 11 is 0. The van der Waals surface area contributed by atoms with Crippen LogP contribution in [0.1, 0.15) is 27.2 Å². The number of rotatable bonds is 7. The molecule has 3 rings (SSSR count). The molecule has 0 aliphatic carbocycles. The first kappa shape index (κ1) is 21.0. The molecule has 0 spiro atoms. The van der Waals surface area contributed by atoms with Gasteiger partial charge in [-0.05, 0) is 48.4 Å². The molecule has 0 aliphatic rings. The Bertz CT molecular complexity index is 996. The van der Waals surface area contributed by atoms with Crippen molar-refractivity contribution >= 4 is 17.6 Å². The molecule has 0 bridgehead atoms. The average Bonchev–Trinajstić information content (AvgIpc) is 3.31. The van der Waals surface area contributed by atoms with E-state index in [-0.39, 0.29) is 11.7 Å². The fourth-order valence-corrected chi connectivity index (χ4v) is 2.89. The van der Waals surface area contributed by atoms with E-state index in [2.05, 4.69) is 27.0 Å². The monoisotopic (exact) mass is 406 g/mol. The quantitative estimate of drug-likeness (QED) is 0.411. The highest BCUT2D eigenvalue weighted by Gasteiger charge is 2.09. The Morgan fingerprint density at radius 2 is 1.83 bits per heavy atom. The summed E-state index contributed by atoms with van der Waals surface area (Å²) in [5.74, 6) is 1.54. The molecule has 156 valence electrons. The fraction of sp³-hybridized carbons (Fsp3) is 0.217. The van der Waals surface area contributed by atoms with Crippen LogP contribution in [0.3, 0.4) is 0 Å². The first-order valence-electron chi connectivity index (χ1n) is 9.61. The largest absolute Gasteiger partial charge is 0.496 e. The summed E-state index contributed by atoms with van der Waals surface area (Å²) in [5.41, 5.74) is 3.97. The van der Waals surface area contributed by atoms with Crippen molar-refractivity contribution in [3.63, 3.8) is 0 Å². The third kappa shape index (κ3) is 5.64. The molecule has 0 aliphatic heterocycles. The number of benzene rings is 2. The highest BCUT2D eigenvalue weighted by molar-refractivity contribution is 6.02. The molecule has 3 N–H and O–H groups in total. The summed E-state index contributed by atoms with van der Waals surface area (Å²) in [5, 5.41) is 9.38. The van der Waals surface area contributed by atoms with Crippen LogP contribution in [0.4, 0.5) is 5.69 Å². The van der Waals surface area contributed by atoms with E-state index >= 15 is 0 Å². The summed E-state index contributed by atoms with van der Waals surface area (Å²) in [6, 6.07) is 17.0. The number of hydrogen-bond donors (Lipinski definition) is 3. The van der Waals surface area contributed by atoms with E-state index in [9.17, 15) is 4.79 Å². The number of guanidine groups is 1. The van der Waals surface area contributed by atoms with Gasteiger partial charge in [-0.15, -0.1) is 0 Å². The van der Waals surface area contributed by atoms with Crippen LogP contribution in [0, 0.1) is 6.92 Å². The second-order valence-electron chi connectivity index (χ2n) is 6.72. The third-order valence-corrected chi connectivity index (χ3v) is 4.53. The van der Waals surface area contributed by atoms with Crippen molar-refractivity contribution < 1.29 is 13.9 Å². The van der Waals surface area contributed by atoms with E-state index in [1.807, 2.05) is 43.3 Å². The highest BCUT2D eigenvalue weighted by atomic mass is 16.5. The maximum atomic E-state index is 12.0. The van der Waals surface area contributed by atoms with Crippen LogP contribution in [0.2, 0.25) is 0 Å². The number of ether oxygens (including phenoxy) is 1. The Balaban J connectivity index is 1.51. The summed E-state index contributed by atoms with van der Waals surface area (Å²) in [7, 11) is 3.40. The Morgan fingerprint density at radius 1 is 1.07 bits per heavy atom. The molecule has 1 amide bonds. The minimum atomic E-state index is -0.276. The molecule has 1 aromatic heterocycles. The second kappa shape index (κ2) is 10.2. The molecule has 0 saturated carbocycles. The molecule has 3 aromatic rings. The summed E-state index contributed by atoms with van der Waals surface area (Å²) in [6.45, 7) is 3.23. The molecular weight excluding hydrogens is 380 g/mol. The van der Waals surface area contributed by atoms with Crippen LogP contribution in [-0.4, -0.2) is 26.0 Å². The Kier molecular flexibility index (Phi) is 7.10. The SMILES string of the molecule is CN=C(NCc1ccc(NC(=O)c2ccco2)cc1)NCc1ccc(C)cc1OC. The van der Waals surface area contributed by atoms with Crippen molar-refractivity contribution in [1.82, 2.24) is 10.6 Å². The lowest BCUT2D eigenvalue weighted by molar-refractivity contribution is 0.0996. The molecule has 7 heteroatoms. The minimum Gasteiger partial charge on any atom is -0.496 e. The van der Waals surface area contributed by atoms with Gasteiger partial charge in [0.1, 0.15) is 5.75 Å². The molecule has 0 atom stereocenters. The van der Waals surface area contributed by atoms with E-state index in [0.717, 1.165) is 22.4 Å². The van der Waals surface area contributed by atoms with Crippen LogP contribution in [0.15, 0.2) is 70.3 Å².